The zero-order chi connectivity index (χ0) is 14.9. The molecule has 1 amide bonds. The monoisotopic (exact) mass is 291 g/mol. The molecule has 0 radical (unpaired) electrons. The SMILES string of the molecule is Cc1ncccc1C(=O)N(C)c1snc(C)c1C(=O)O. The van der Waals surface area contributed by atoms with Crippen LogP contribution < -0.4 is 4.90 Å². The standard InChI is InChI=1S/C13H13N3O3S/c1-7-9(5-4-6-14-7)11(17)16(3)12-10(13(18)19)8(2)15-20-12/h4-6H,1-3H3,(H,18,19). The van der Waals surface area contributed by atoms with Gasteiger partial charge in [0.25, 0.3) is 5.91 Å². The van der Waals surface area contributed by atoms with Gasteiger partial charge in [0.05, 0.1) is 11.3 Å². The van der Waals surface area contributed by atoms with Gasteiger partial charge in [-0.2, -0.15) is 4.37 Å². The summed E-state index contributed by atoms with van der Waals surface area (Å²) in [6.07, 6.45) is 1.60. The van der Waals surface area contributed by atoms with Crippen molar-refractivity contribution in [3.63, 3.8) is 0 Å². The zero-order valence-electron chi connectivity index (χ0n) is 11.2. The maximum Gasteiger partial charge on any atom is 0.340 e. The number of amides is 1. The fraction of sp³-hybridized carbons (Fsp3) is 0.231. The molecular formula is C13H13N3O3S. The van der Waals surface area contributed by atoms with E-state index in [4.69, 9.17) is 0 Å². The predicted octanol–water partition coefficient (Wildman–Crippen LogP) is 2.13. The third kappa shape index (κ3) is 2.39. The molecule has 0 atom stereocenters. The quantitative estimate of drug-likeness (QED) is 0.936. The van der Waals surface area contributed by atoms with Crippen molar-refractivity contribution >= 4 is 28.4 Å². The molecule has 2 heterocycles. The van der Waals surface area contributed by atoms with E-state index < -0.39 is 5.97 Å². The van der Waals surface area contributed by atoms with Crippen LogP contribution in [0.3, 0.4) is 0 Å². The van der Waals surface area contributed by atoms with Crippen LogP contribution in [0.2, 0.25) is 0 Å². The minimum absolute atomic E-state index is 0.0624. The number of aromatic nitrogens is 2. The third-order valence-electron chi connectivity index (χ3n) is 2.91. The number of rotatable bonds is 3. The van der Waals surface area contributed by atoms with Crippen molar-refractivity contribution in [1.82, 2.24) is 9.36 Å². The smallest absolute Gasteiger partial charge is 0.340 e. The molecule has 104 valence electrons. The Bertz CT molecular complexity index is 681. The van der Waals surface area contributed by atoms with Gasteiger partial charge in [-0.05, 0) is 37.5 Å². The first-order valence-electron chi connectivity index (χ1n) is 5.82. The zero-order valence-corrected chi connectivity index (χ0v) is 12.1. The van der Waals surface area contributed by atoms with E-state index in [0.29, 0.717) is 22.0 Å². The highest BCUT2D eigenvalue weighted by Gasteiger charge is 2.25. The van der Waals surface area contributed by atoms with Gasteiger partial charge in [0, 0.05) is 18.9 Å². The summed E-state index contributed by atoms with van der Waals surface area (Å²) in [5, 5.41) is 9.53. The van der Waals surface area contributed by atoms with Gasteiger partial charge in [0.1, 0.15) is 10.6 Å². The van der Waals surface area contributed by atoms with E-state index >= 15 is 0 Å². The summed E-state index contributed by atoms with van der Waals surface area (Å²) in [5.74, 6) is -1.39. The molecule has 20 heavy (non-hydrogen) atoms. The Balaban J connectivity index is 2.42. The number of carbonyl (C=O) groups excluding carboxylic acids is 1. The van der Waals surface area contributed by atoms with Crippen molar-refractivity contribution in [1.29, 1.82) is 0 Å². The highest BCUT2D eigenvalue weighted by molar-refractivity contribution is 7.11. The minimum atomic E-state index is -1.09. The number of carboxylic acid groups (broad SMARTS) is 1. The van der Waals surface area contributed by atoms with Crippen molar-refractivity contribution < 1.29 is 14.7 Å². The molecule has 0 bridgehead atoms. The number of hydrogen-bond donors (Lipinski definition) is 1. The molecular weight excluding hydrogens is 278 g/mol. The molecule has 6 nitrogen and oxygen atoms in total. The summed E-state index contributed by atoms with van der Waals surface area (Å²) in [6.45, 7) is 3.34. The minimum Gasteiger partial charge on any atom is -0.478 e. The Kier molecular flexibility index (Phi) is 3.80. The fourth-order valence-corrected chi connectivity index (χ4v) is 2.66. The van der Waals surface area contributed by atoms with E-state index in [-0.39, 0.29) is 11.5 Å². The van der Waals surface area contributed by atoms with Gasteiger partial charge in [0.15, 0.2) is 0 Å². The van der Waals surface area contributed by atoms with E-state index in [2.05, 4.69) is 9.36 Å². The summed E-state index contributed by atoms with van der Waals surface area (Å²) in [5.41, 5.74) is 1.51. The summed E-state index contributed by atoms with van der Waals surface area (Å²) in [4.78, 5) is 29.0. The largest absolute Gasteiger partial charge is 0.478 e. The highest BCUT2D eigenvalue weighted by Crippen LogP contribution is 2.29. The van der Waals surface area contributed by atoms with Crippen LogP contribution in [0.1, 0.15) is 32.1 Å². The first-order valence-corrected chi connectivity index (χ1v) is 6.60. The lowest BCUT2D eigenvalue weighted by atomic mass is 10.1. The Hall–Kier alpha value is -2.28. The van der Waals surface area contributed by atoms with E-state index in [9.17, 15) is 14.7 Å². The molecule has 0 saturated heterocycles. The Morgan fingerprint density at radius 2 is 2.00 bits per heavy atom. The molecule has 0 spiro atoms. The number of anilines is 1. The van der Waals surface area contributed by atoms with E-state index in [0.717, 1.165) is 11.5 Å². The van der Waals surface area contributed by atoms with Crippen molar-refractivity contribution in [2.45, 2.75) is 13.8 Å². The second-order valence-electron chi connectivity index (χ2n) is 4.25. The van der Waals surface area contributed by atoms with Gasteiger partial charge in [-0.25, -0.2) is 4.79 Å². The van der Waals surface area contributed by atoms with E-state index in [1.807, 2.05) is 0 Å². The number of carboxylic acids is 1. The predicted molar refractivity (Wildman–Crippen MR) is 75.5 cm³/mol. The first kappa shape index (κ1) is 14.1. The Morgan fingerprint density at radius 1 is 1.30 bits per heavy atom. The number of nitrogens with zero attached hydrogens (tertiary/aromatic N) is 3. The average Bonchev–Trinajstić information content (AvgIpc) is 2.79. The molecule has 0 fully saturated rings. The number of carbonyl (C=O) groups is 2. The van der Waals surface area contributed by atoms with Gasteiger partial charge < -0.3 is 10.0 Å². The van der Waals surface area contributed by atoms with Crippen LogP contribution in [0.5, 0.6) is 0 Å². The average molecular weight is 291 g/mol. The van der Waals surface area contributed by atoms with Gasteiger partial charge in [0.2, 0.25) is 0 Å². The number of hydrogen-bond acceptors (Lipinski definition) is 5. The number of pyridine rings is 1. The summed E-state index contributed by atoms with van der Waals surface area (Å²) in [6, 6.07) is 3.33. The third-order valence-corrected chi connectivity index (χ3v) is 3.92. The van der Waals surface area contributed by atoms with Crippen LogP contribution in [0, 0.1) is 13.8 Å². The second-order valence-corrected chi connectivity index (χ2v) is 5.01. The van der Waals surface area contributed by atoms with Gasteiger partial charge in [-0.3, -0.25) is 9.78 Å². The molecule has 0 aromatic carbocycles. The Morgan fingerprint density at radius 3 is 2.60 bits per heavy atom. The topological polar surface area (TPSA) is 83.4 Å². The van der Waals surface area contributed by atoms with E-state index in [1.165, 1.54) is 11.9 Å². The van der Waals surface area contributed by atoms with Crippen LogP contribution in [0.25, 0.3) is 0 Å². The molecule has 0 aliphatic carbocycles. The molecule has 2 rings (SSSR count). The normalized spacial score (nSPS) is 10.3. The van der Waals surface area contributed by atoms with Crippen molar-refractivity contribution in [3.05, 3.63) is 40.8 Å². The number of aromatic carboxylic acids is 1. The molecule has 2 aromatic rings. The lowest BCUT2D eigenvalue weighted by Crippen LogP contribution is -2.27. The lowest BCUT2D eigenvalue weighted by molar-refractivity contribution is 0.0697. The molecule has 0 unspecified atom stereocenters. The van der Waals surface area contributed by atoms with Crippen LogP contribution in [0.4, 0.5) is 5.00 Å². The van der Waals surface area contributed by atoms with Crippen LogP contribution in [0.15, 0.2) is 18.3 Å². The van der Waals surface area contributed by atoms with Crippen LogP contribution >= 0.6 is 11.5 Å². The van der Waals surface area contributed by atoms with Gasteiger partial charge in [-0.1, -0.05) is 0 Å². The summed E-state index contributed by atoms with van der Waals surface area (Å²) >= 11 is 0.995. The molecule has 1 N–H and O–H groups in total. The van der Waals surface area contributed by atoms with Crippen molar-refractivity contribution in [2.24, 2.45) is 0 Å². The van der Waals surface area contributed by atoms with Crippen LogP contribution in [-0.2, 0) is 0 Å². The molecule has 0 saturated carbocycles. The lowest BCUT2D eigenvalue weighted by Gasteiger charge is -2.16. The fourth-order valence-electron chi connectivity index (χ4n) is 1.82. The van der Waals surface area contributed by atoms with Crippen molar-refractivity contribution in [2.75, 3.05) is 11.9 Å². The van der Waals surface area contributed by atoms with Crippen LogP contribution in [-0.4, -0.2) is 33.4 Å². The van der Waals surface area contributed by atoms with Gasteiger partial charge in [-0.15, -0.1) is 0 Å². The van der Waals surface area contributed by atoms with Crippen molar-refractivity contribution in [3.8, 4) is 0 Å². The van der Waals surface area contributed by atoms with Gasteiger partial charge >= 0.3 is 5.97 Å². The maximum absolute atomic E-state index is 12.4. The second kappa shape index (κ2) is 5.38. The first-order chi connectivity index (χ1) is 9.43. The Labute approximate surface area is 119 Å². The highest BCUT2D eigenvalue weighted by atomic mass is 32.1. The van der Waals surface area contributed by atoms with E-state index in [1.54, 1.807) is 32.2 Å². The molecule has 7 heteroatoms. The number of aryl methyl sites for hydroxylation is 2. The summed E-state index contributed by atoms with van der Waals surface area (Å²) in [7, 11) is 1.54. The maximum atomic E-state index is 12.4. The summed E-state index contributed by atoms with van der Waals surface area (Å²) < 4.78 is 4.01. The molecule has 0 aliphatic rings. The molecule has 0 aliphatic heterocycles. The molecule has 2 aromatic heterocycles.